The zero-order chi connectivity index (χ0) is 10.7. The van der Waals surface area contributed by atoms with E-state index < -0.39 is 0 Å². The van der Waals surface area contributed by atoms with Crippen LogP contribution in [0.15, 0.2) is 12.1 Å². The van der Waals surface area contributed by atoms with Gasteiger partial charge in [0.1, 0.15) is 0 Å². The molecule has 0 amide bonds. The molecule has 0 aliphatic carbocycles. The third-order valence-electron chi connectivity index (χ3n) is 1.90. The fourth-order valence-electron chi connectivity index (χ4n) is 1.18. The molecule has 1 rings (SSSR count). The molecule has 0 unspecified atom stereocenters. The lowest BCUT2D eigenvalue weighted by Gasteiger charge is -2.13. The summed E-state index contributed by atoms with van der Waals surface area (Å²) in [6.07, 6.45) is 0.649. The fourth-order valence-corrected chi connectivity index (χ4v) is 1.94. The quantitative estimate of drug-likeness (QED) is 0.814. The Balaban J connectivity index is 3.07. The van der Waals surface area contributed by atoms with Crippen molar-refractivity contribution < 1.29 is 0 Å². The molecule has 0 aliphatic heterocycles. The summed E-state index contributed by atoms with van der Waals surface area (Å²) in [5.74, 6) is 0. The topological polar surface area (TPSA) is 52.0 Å². The van der Waals surface area contributed by atoms with E-state index in [4.69, 9.17) is 46.3 Å². The standard InChI is InChI=1S/C9H11Cl3N2/c10-5-3-6(8(14)1-2-13)9(12)7(11)4-5/h3-4,8H,1-2,13-14H2/t8-/m0/s1. The molecule has 0 saturated heterocycles. The van der Waals surface area contributed by atoms with E-state index in [1.54, 1.807) is 12.1 Å². The molecule has 0 aromatic heterocycles. The van der Waals surface area contributed by atoms with Crippen LogP contribution in [0, 0.1) is 0 Å². The molecule has 0 bridgehead atoms. The molecule has 5 heteroatoms. The van der Waals surface area contributed by atoms with Crippen LogP contribution >= 0.6 is 34.8 Å². The van der Waals surface area contributed by atoms with Gasteiger partial charge < -0.3 is 11.5 Å². The van der Waals surface area contributed by atoms with Gasteiger partial charge in [-0.3, -0.25) is 0 Å². The zero-order valence-corrected chi connectivity index (χ0v) is 9.70. The van der Waals surface area contributed by atoms with Crippen molar-refractivity contribution in [1.82, 2.24) is 0 Å². The number of benzene rings is 1. The van der Waals surface area contributed by atoms with Crippen LogP contribution in [-0.2, 0) is 0 Å². The summed E-state index contributed by atoms with van der Waals surface area (Å²) in [5.41, 5.74) is 12.0. The molecule has 0 radical (unpaired) electrons. The van der Waals surface area contributed by atoms with Crippen LogP contribution in [-0.4, -0.2) is 6.54 Å². The number of hydrogen-bond acceptors (Lipinski definition) is 2. The van der Waals surface area contributed by atoms with Crippen molar-refractivity contribution in [2.45, 2.75) is 12.5 Å². The average molecular weight is 254 g/mol. The van der Waals surface area contributed by atoms with Gasteiger partial charge in [0.2, 0.25) is 0 Å². The third-order valence-corrected chi connectivity index (χ3v) is 2.93. The first kappa shape index (κ1) is 12.1. The van der Waals surface area contributed by atoms with Gasteiger partial charge in [-0.1, -0.05) is 34.8 Å². The Hall–Kier alpha value is 0.01000. The predicted molar refractivity (Wildman–Crippen MR) is 62.1 cm³/mol. The number of hydrogen-bond donors (Lipinski definition) is 2. The Morgan fingerprint density at radius 3 is 2.43 bits per heavy atom. The second kappa shape index (κ2) is 5.19. The van der Waals surface area contributed by atoms with Crippen molar-refractivity contribution in [2.75, 3.05) is 6.54 Å². The number of halogens is 3. The minimum atomic E-state index is -0.219. The Bertz CT molecular complexity index is 328. The van der Waals surface area contributed by atoms with Gasteiger partial charge in [-0.2, -0.15) is 0 Å². The molecule has 0 aliphatic rings. The Labute approximate surface area is 98.1 Å². The fraction of sp³-hybridized carbons (Fsp3) is 0.333. The molecular formula is C9H11Cl3N2. The maximum atomic E-state index is 5.98. The maximum Gasteiger partial charge on any atom is 0.0641 e. The van der Waals surface area contributed by atoms with E-state index in [1.807, 2.05) is 0 Å². The van der Waals surface area contributed by atoms with Gasteiger partial charge in [0.25, 0.3) is 0 Å². The zero-order valence-electron chi connectivity index (χ0n) is 7.43. The molecule has 78 valence electrons. The van der Waals surface area contributed by atoms with E-state index in [0.29, 0.717) is 28.0 Å². The smallest absolute Gasteiger partial charge is 0.0641 e. The van der Waals surface area contributed by atoms with E-state index >= 15 is 0 Å². The monoisotopic (exact) mass is 252 g/mol. The van der Waals surface area contributed by atoms with Gasteiger partial charge in [0.15, 0.2) is 0 Å². The van der Waals surface area contributed by atoms with Crippen LogP contribution in [0.4, 0.5) is 0 Å². The summed E-state index contributed by atoms with van der Waals surface area (Å²) in [6.45, 7) is 0.502. The molecule has 0 spiro atoms. The van der Waals surface area contributed by atoms with Gasteiger partial charge >= 0.3 is 0 Å². The minimum absolute atomic E-state index is 0.219. The molecular weight excluding hydrogens is 242 g/mol. The van der Waals surface area contributed by atoms with Crippen molar-refractivity contribution in [3.05, 3.63) is 32.8 Å². The highest BCUT2D eigenvalue weighted by Gasteiger charge is 2.13. The van der Waals surface area contributed by atoms with Gasteiger partial charge in [0, 0.05) is 11.1 Å². The third kappa shape index (κ3) is 2.75. The molecule has 1 aromatic rings. The molecule has 1 atom stereocenters. The van der Waals surface area contributed by atoms with Gasteiger partial charge in [0.05, 0.1) is 10.0 Å². The number of rotatable bonds is 3. The summed E-state index contributed by atoms with van der Waals surface area (Å²) in [7, 11) is 0. The first-order valence-electron chi connectivity index (χ1n) is 4.16. The van der Waals surface area contributed by atoms with Gasteiger partial charge in [-0.15, -0.1) is 0 Å². The lowest BCUT2D eigenvalue weighted by atomic mass is 10.0. The van der Waals surface area contributed by atoms with Crippen LogP contribution < -0.4 is 11.5 Å². The van der Waals surface area contributed by atoms with Crippen LogP contribution in [0.1, 0.15) is 18.0 Å². The van der Waals surface area contributed by atoms with Crippen LogP contribution in [0.2, 0.25) is 15.1 Å². The maximum absolute atomic E-state index is 5.98. The summed E-state index contributed by atoms with van der Waals surface area (Å²) < 4.78 is 0. The summed E-state index contributed by atoms with van der Waals surface area (Å²) in [5, 5.41) is 1.40. The minimum Gasteiger partial charge on any atom is -0.330 e. The van der Waals surface area contributed by atoms with Crippen molar-refractivity contribution in [2.24, 2.45) is 11.5 Å². The van der Waals surface area contributed by atoms with Crippen LogP contribution in [0.3, 0.4) is 0 Å². The highest BCUT2D eigenvalue weighted by atomic mass is 35.5. The lowest BCUT2D eigenvalue weighted by molar-refractivity contribution is 0.661. The highest BCUT2D eigenvalue weighted by molar-refractivity contribution is 6.43. The van der Waals surface area contributed by atoms with Crippen molar-refractivity contribution in [1.29, 1.82) is 0 Å². The first-order valence-corrected chi connectivity index (χ1v) is 5.29. The van der Waals surface area contributed by atoms with Crippen LogP contribution in [0.25, 0.3) is 0 Å². The van der Waals surface area contributed by atoms with Crippen molar-refractivity contribution >= 4 is 34.8 Å². The largest absolute Gasteiger partial charge is 0.330 e. The van der Waals surface area contributed by atoms with E-state index in [9.17, 15) is 0 Å². The molecule has 14 heavy (non-hydrogen) atoms. The number of nitrogens with two attached hydrogens (primary N) is 2. The predicted octanol–water partition coefficient (Wildman–Crippen LogP) is 3.00. The molecule has 1 aromatic carbocycles. The van der Waals surface area contributed by atoms with Gasteiger partial charge in [-0.25, -0.2) is 0 Å². The lowest BCUT2D eigenvalue weighted by Crippen LogP contribution is -2.15. The van der Waals surface area contributed by atoms with Crippen molar-refractivity contribution in [3.63, 3.8) is 0 Å². The first-order chi connectivity index (χ1) is 6.56. The van der Waals surface area contributed by atoms with E-state index in [0.717, 1.165) is 5.56 Å². The van der Waals surface area contributed by atoms with E-state index in [1.165, 1.54) is 0 Å². The Kier molecular flexibility index (Phi) is 4.48. The average Bonchev–Trinajstić information content (AvgIpc) is 2.11. The normalized spacial score (nSPS) is 12.9. The van der Waals surface area contributed by atoms with Crippen molar-refractivity contribution in [3.8, 4) is 0 Å². The molecule has 0 saturated carbocycles. The Morgan fingerprint density at radius 2 is 1.86 bits per heavy atom. The summed E-state index contributed by atoms with van der Waals surface area (Å²) in [6, 6.07) is 3.09. The van der Waals surface area contributed by atoms with E-state index in [2.05, 4.69) is 0 Å². The Morgan fingerprint density at radius 1 is 1.21 bits per heavy atom. The molecule has 0 fully saturated rings. The highest BCUT2D eigenvalue weighted by Crippen LogP contribution is 2.33. The van der Waals surface area contributed by atoms with E-state index in [-0.39, 0.29) is 6.04 Å². The SMILES string of the molecule is NCC[C@H](N)c1cc(Cl)cc(Cl)c1Cl. The molecule has 0 heterocycles. The summed E-state index contributed by atoms with van der Waals surface area (Å²) in [4.78, 5) is 0. The second-order valence-corrected chi connectivity index (χ2v) is 4.20. The van der Waals surface area contributed by atoms with Gasteiger partial charge in [-0.05, 0) is 30.7 Å². The summed E-state index contributed by atoms with van der Waals surface area (Å²) >= 11 is 17.7. The van der Waals surface area contributed by atoms with Crippen LogP contribution in [0.5, 0.6) is 0 Å². The molecule has 2 nitrogen and oxygen atoms in total. The molecule has 4 N–H and O–H groups in total. The second-order valence-electron chi connectivity index (χ2n) is 2.97.